The Labute approximate surface area is 81.7 Å². The minimum atomic E-state index is 0.512. The molecule has 4 nitrogen and oxygen atoms in total. The van der Waals surface area contributed by atoms with Gasteiger partial charge in [-0.25, -0.2) is 4.98 Å². The molecule has 1 heterocycles. The number of nitrogens with one attached hydrogen (secondary N) is 1. The molecule has 0 aromatic carbocycles. The largest absolute Gasteiger partial charge is 0.357 e. The Bertz CT molecular complexity index is 249. The molecular formula is C8H14N4S. The van der Waals surface area contributed by atoms with Crippen molar-refractivity contribution in [2.75, 3.05) is 11.9 Å². The third-order valence-corrected chi connectivity index (χ3v) is 3.23. The van der Waals surface area contributed by atoms with Crippen molar-refractivity contribution in [3.63, 3.8) is 0 Å². The van der Waals surface area contributed by atoms with E-state index in [0.29, 0.717) is 12.0 Å². The van der Waals surface area contributed by atoms with Gasteiger partial charge in [-0.15, -0.1) is 0 Å². The second-order valence-electron chi connectivity index (χ2n) is 3.42. The zero-order chi connectivity index (χ0) is 9.10. The summed E-state index contributed by atoms with van der Waals surface area (Å²) in [6.07, 6.45) is 5.31. The summed E-state index contributed by atoms with van der Waals surface area (Å²) in [7, 11) is 0. The first-order valence-electron chi connectivity index (χ1n) is 4.63. The van der Waals surface area contributed by atoms with E-state index in [1.807, 2.05) is 0 Å². The molecule has 2 atom stereocenters. The van der Waals surface area contributed by atoms with E-state index in [4.69, 9.17) is 5.73 Å². The lowest BCUT2D eigenvalue weighted by Gasteiger charge is -2.18. The molecule has 72 valence electrons. The lowest BCUT2D eigenvalue weighted by molar-refractivity contribution is 0.516. The van der Waals surface area contributed by atoms with Gasteiger partial charge in [0.1, 0.15) is 6.33 Å². The number of anilines is 1. The normalized spacial score (nSPS) is 27.8. The van der Waals surface area contributed by atoms with Gasteiger partial charge in [0.2, 0.25) is 5.13 Å². The van der Waals surface area contributed by atoms with Crippen LogP contribution in [0.2, 0.25) is 0 Å². The Morgan fingerprint density at radius 1 is 1.62 bits per heavy atom. The topological polar surface area (TPSA) is 63.8 Å². The summed E-state index contributed by atoms with van der Waals surface area (Å²) >= 11 is 1.41. The zero-order valence-corrected chi connectivity index (χ0v) is 8.26. The third kappa shape index (κ3) is 1.97. The molecule has 13 heavy (non-hydrogen) atoms. The highest BCUT2D eigenvalue weighted by molar-refractivity contribution is 7.09. The van der Waals surface area contributed by atoms with E-state index in [1.54, 1.807) is 6.33 Å². The molecule has 0 radical (unpaired) electrons. The van der Waals surface area contributed by atoms with Crippen LogP contribution in [-0.2, 0) is 0 Å². The van der Waals surface area contributed by atoms with Crippen LogP contribution < -0.4 is 11.1 Å². The van der Waals surface area contributed by atoms with E-state index in [9.17, 15) is 0 Å². The summed E-state index contributed by atoms with van der Waals surface area (Å²) in [5, 5.41) is 4.31. The molecule has 0 amide bonds. The van der Waals surface area contributed by atoms with E-state index in [1.165, 1.54) is 30.8 Å². The highest BCUT2D eigenvalue weighted by Crippen LogP contribution is 2.27. The first-order valence-corrected chi connectivity index (χ1v) is 5.41. The fourth-order valence-electron chi connectivity index (χ4n) is 1.90. The van der Waals surface area contributed by atoms with Crippen molar-refractivity contribution in [2.24, 2.45) is 11.7 Å². The standard InChI is InChI=1S/C8H14N4S/c9-4-6-2-1-3-7(6)12-8-10-5-11-13-8/h5-7H,1-4,9H2,(H,10,11,12). The van der Waals surface area contributed by atoms with Crippen molar-refractivity contribution < 1.29 is 0 Å². The van der Waals surface area contributed by atoms with Crippen LogP contribution in [-0.4, -0.2) is 21.9 Å². The Kier molecular flexibility index (Phi) is 2.75. The third-order valence-electron chi connectivity index (χ3n) is 2.63. The summed E-state index contributed by atoms with van der Waals surface area (Å²) in [5.41, 5.74) is 5.68. The zero-order valence-electron chi connectivity index (χ0n) is 7.44. The van der Waals surface area contributed by atoms with Gasteiger partial charge in [-0.3, -0.25) is 0 Å². The van der Waals surface area contributed by atoms with Crippen molar-refractivity contribution in [3.8, 4) is 0 Å². The monoisotopic (exact) mass is 198 g/mol. The molecule has 1 aliphatic carbocycles. The number of aromatic nitrogens is 2. The first kappa shape index (κ1) is 8.90. The molecule has 1 saturated carbocycles. The predicted molar refractivity (Wildman–Crippen MR) is 53.7 cm³/mol. The summed E-state index contributed by atoms with van der Waals surface area (Å²) in [5.74, 6) is 0.615. The second kappa shape index (κ2) is 4.02. The Balaban J connectivity index is 1.94. The van der Waals surface area contributed by atoms with Crippen molar-refractivity contribution in [2.45, 2.75) is 25.3 Å². The molecule has 0 saturated heterocycles. The molecule has 2 unspecified atom stereocenters. The lowest BCUT2D eigenvalue weighted by atomic mass is 10.0. The highest BCUT2D eigenvalue weighted by Gasteiger charge is 2.26. The molecular weight excluding hydrogens is 184 g/mol. The van der Waals surface area contributed by atoms with Crippen LogP contribution in [0.3, 0.4) is 0 Å². The quantitative estimate of drug-likeness (QED) is 0.762. The van der Waals surface area contributed by atoms with Gasteiger partial charge in [0, 0.05) is 17.6 Å². The Morgan fingerprint density at radius 3 is 3.23 bits per heavy atom. The maximum atomic E-state index is 5.68. The van der Waals surface area contributed by atoms with E-state index in [-0.39, 0.29) is 0 Å². The van der Waals surface area contributed by atoms with Crippen molar-refractivity contribution in [3.05, 3.63) is 6.33 Å². The number of nitrogens with two attached hydrogens (primary N) is 1. The van der Waals surface area contributed by atoms with Gasteiger partial charge in [0.05, 0.1) is 0 Å². The number of hydrogen-bond donors (Lipinski definition) is 2. The van der Waals surface area contributed by atoms with Crippen LogP contribution >= 0.6 is 11.5 Å². The number of hydrogen-bond acceptors (Lipinski definition) is 5. The molecule has 0 spiro atoms. The summed E-state index contributed by atoms with van der Waals surface area (Å²) in [6.45, 7) is 0.774. The number of nitrogens with zero attached hydrogens (tertiary/aromatic N) is 2. The fourth-order valence-corrected chi connectivity index (χ4v) is 2.40. The molecule has 2 rings (SSSR count). The summed E-state index contributed by atoms with van der Waals surface area (Å²) in [6, 6.07) is 0.512. The maximum absolute atomic E-state index is 5.68. The van der Waals surface area contributed by atoms with Gasteiger partial charge < -0.3 is 11.1 Å². The SMILES string of the molecule is NCC1CCCC1Nc1ncns1. The smallest absolute Gasteiger partial charge is 0.202 e. The van der Waals surface area contributed by atoms with Gasteiger partial charge in [-0.1, -0.05) is 6.42 Å². The van der Waals surface area contributed by atoms with E-state index in [0.717, 1.165) is 11.7 Å². The van der Waals surface area contributed by atoms with E-state index in [2.05, 4.69) is 14.7 Å². The highest BCUT2D eigenvalue weighted by atomic mass is 32.1. The second-order valence-corrected chi connectivity index (χ2v) is 4.20. The van der Waals surface area contributed by atoms with E-state index < -0.39 is 0 Å². The summed E-state index contributed by atoms with van der Waals surface area (Å²) in [4.78, 5) is 4.10. The molecule has 1 aromatic heterocycles. The average Bonchev–Trinajstić information content (AvgIpc) is 2.76. The minimum Gasteiger partial charge on any atom is -0.357 e. The average molecular weight is 198 g/mol. The lowest BCUT2D eigenvalue weighted by Crippen LogP contribution is -2.29. The molecule has 0 aliphatic heterocycles. The molecule has 5 heteroatoms. The molecule has 1 aliphatic rings. The molecule has 0 bridgehead atoms. The number of rotatable bonds is 3. The van der Waals surface area contributed by atoms with Crippen LogP contribution in [0.25, 0.3) is 0 Å². The van der Waals surface area contributed by atoms with E-state index >= 15 is 0 Å². The van der Waals surface area contributed by atoms with Crippen LogP contribution in [0.1, 0.15) is 19.3 Å². The maximum Gasteiger partial charge on any atom is 0.202 e. The minimum absolute atomic E-state index is 0.512. The van der Waals surface area contributed by atoms with Crippen molar-refractivity contribution >= 4 is 16.7 Å². The first-order chi connectivity index (χ1) is 6.40. The van der Waals surface area contributed by atoms with Gasteiger partial charge in [0.15, 0.2) is 0 Å². The predicted octanol–water partition coefficient (Wildman–Crippen LogP) is 1.08. The van der Waals surface area contributed by atoms with Crippen molar-refractivity contribution in [1.29, 1.82) is 0 Å². The fraction of sp³-hybridized carbons (Fsp3) is 0.750. The van der Waals surface area contributed by atoms with Crippen molar-refractivity contribution in [1.82, 2.24) is 9.36 Å². The van der Waals surface area contributed by atoms with Gasteiger partial charge in [-0.2, -0.15) is 4.37 Å². The Morgan fingerprint density at radius 2 is 2.54 bits per heavy atom. The molecule has 1 fully saturated rings. The van der Waals surface area contributed by atoms with Gasteiger partial charge in [0.25, 0.3) is 0 Å². The van der Waals surface area contributed by atoms with Crippen LogP contribution in [0, 0.1) is 5.92 Å². The molecule has 1 aromatic rings. The van der Waals surface area contributed by atoms with Crippen LogP contribution in [0.5, 0.6) is 0 Å². The van der Waals surface area contributed by atoms with Crippen LogP contribution in [0.15, 0.2) is 6.33 Å². The molecule has 3 N–H and O–H groups in total. The van der Waals surface area contributed by atoms with Gasteiger partial charge >= 0.3 is 0 Å². The Hall–Kier alpha value is -0.680. The van der Waals surface area contributed by atoms with Crippen LogP contribution in [0.4, 0.5) is 5.13 Å². The summed E-state index contributed by atoms with van der Waals surface area (Å²) < 4.78 is 3.95. The van der Waals surface area contributed by atoms with Gasteiger partial charge in [-0.05, 0) is 25.3 Å².